The molecule has 0 unspecified atom stereocenters. The summed E-state index contributed by atoms with van der Waals surface area (Å²) in [6, 6.07) is 7.64. The Balaban J connectivity index is 2.11. The van der Waals surface area contributed by atoms with Crippen LogP contribution in [-0.2, 0) is 6.54 Å². The van der Waals surface area contributed by atoms with Crippen LogP contribution in [0.5, 0.6) is 0 Å². The summed E-state index contributed by atoms with van der Waals surface area (Å²) in [5, 5.41) is 9.31. The molecule has 6 heteroatoms. The van der Waals surface area contributed by atoms with Crippen LogP contribution in [-0.4, -0.2) is 15.6 Å². The van der Waals surface area contributed by atoms with Gasteiger partial charge in [0.05, 0.1) is 10.5 Å². The van der Waals surface area contributed by atoms with Gasteiger partial charge in [-0.25, -0.2) is 9.18 Å². The minimum atomic E-state index is -1.06. The molecule has 0 atom stereocenters. The number of fused-ring (bicyclic) bond motifs is 1. The molecular formula is C15H11ClFNO3. The lowest BCUT2D eigenvalue weighted by molar-refractivity contribution is 0.0686. The molecule has 0 bridgehead atoms. The maximum atomic E-state index is 13.5. The van der Waals surface area contributed by atoms with E-state index in [0.29, 0.717) is 22.4 Å². The third-order valence-corrected chi connectivity index (χ3v) is 3.56. The van der Waals surface area contributed by atoms with Gasteiger partial charge in [-0.2, -0.15) is 0 Å². The third-order valence-electron chi connectivity index (χ3n) is 3.26. The molecule has 0 aliphatic heterocycles. The Morgan fingerprint density at radius 3 is 2.81 bits per heavy atom. The fourth-order valence-corrected chi connectivity index (χ4v) is 2.45. The molecular weight excluding hydrogens is 297 g/mol. The van der Waals surface area contributed by atoms with Crippen LogP contribution in [0.2, 0.25) is 5.02 Å². The molecule has 4 nitrogen and oxygen atoms in total. The number of carbonyl (C=O) groups is 1. The molecule has 0 aliphatic carbocycles. The van der Waals surface area contributed by atoms with Gasteiger partial charge in [-0.1, -0.05) is 17.7 Å². The number of aromatic nitrogens is 1. The van der Waals surface area contributed by atoms with Crippen LogP contribution in [0.1, 0.15) is 21.8 Å². The topological polar surface area (TPSA) is 55.4 Å². The zero-order chi connectivity index (χ0) is 15.1. The standard InChI is InChI=1S/C15H11ClFNO3/c1-8-4-12-14(21-8)6-13(15(19)20)18(12)7-9-2-3-10(16)11(17)5-9/h2-6H,7H2,1H3,(H,19,20). The van der Waals surface area contributed by atoms with Crippen molar-refractivity contribution in [2.45, 2.75) is 13.5 Å². The van der Waals surface area contributed by atoms with Crippen LogP contribution >= 0.6 is 11.6 Å². The molecule has 1 aromatic carbocycles. The lowest BCUT2D eigenvalue weighted by Crippen LogP contribution is -2.09. The number of halogens is 2. The molecule has 21 heavy (non-hydrogen) atoms. The molecule has 0 saturated heterocycles. The van der Waals surface area contributed by atoms with E-state index in [2.05, 4.69) is 0 Å². The fraction of sp³-hybridized carbons (Fsp3) is 0.133. The van der Waals surface area contributed by atoms with Gasteiger partial charge in [0.15, 0.2) is 5.58 Å². The Morgan fingerprint density at radius 2 is 2.14 bits per heavy atom. The van der Waals surface area contributed by atoms with Crippen LogP contribution < -0.4 is 0 Å². The molecule has 0 fully saturated rings. The van der Waals surface area contributed by atoms with Crippen LogP contribution in [0.4, 0.5) is 4.39 Å². The van der Waals surface area contributed by atoms with Gasteiger partial charge in [0.2, 0.25) is 0 Å². The van der Waals surface area contributed by atoms with Crippen LogP contribution in [0.25, 0.3) is 11.1 Å². The SMILES string of the molecule is Cc1cc2c(cc(C(=O)O)n2Cc2ccc(Cl)c(F)c2)o1. The van der Waals surface area contributed by atoms with E-state index in [1.165, 1.54) is 18.2 Å². The predicted molar refractivity (Wildman–Crippen MR) is 76.4 cm³/mol. The van der Waals surface area contributed by atoms with E-state index in [4.69, 9.17) is 16.0 Å². The maximum absolute atomic E-state index is 13.5. The van der Waals surface area contributed by atoms with E-state index in [1.54, 1.807) is 23.6 Å². The van der Waals surface area contributed by atoms with E-state index >= 15 is 0 Å². The van der Waals surface area contributed by atoms with Crippen molar-refractivity contribution in [1.29, 1.82) is 0 Å². The van der Waals surface area contributed by atoms with Crippen molar-refractivity contribution >= 4 is 28.7 Å². The van der Waals surface area contributed by atoms with Crippen molar-refractivity contribution in [3.63, 3.8) is 0 Å². The molecule has 0 saturated carbocycles. The number of hydrogen-bond acceptors (Lipinski definition) is 2. The normalized spacial score (nSPS) is 11.2. The van der Waals surface area contributed by atoms with E-state index in [0.717, 1.165) is 0 Å². The predicted octanol–water partition coefficient (Wildman–Crippen LogP) is 4.08. The van der Waals surface area contributed by atoms with Gasteiger partial charge in [-0.05, 0) is 24.6 Å². The fourth-order valence-electron chi connectivity index (χ4n) is 2.33. The van der Waals surface area contributed by atoms with Crippen LogP contribution in [0.3, 0.4) is 0 Å². The molecule has 1 N–H and O–H groups in total. The number of aromatic carboxylic acids is 1. The van der Waals surface area contributed by atoms with Crippen molar-refractivity contribution in [1.82, 2.24) is 4.57 Å². The van der Waals surface area contributed by atoms with Crippen molar-refractivity contribution in [2.24, 2.45) is 0 Å². The Kier molecular flexibility index (Phi) is 3.22. The summed E-state index contributed by atoms with van der Waals surface area (Å²) in [7, 11) is 0. The molecule has 108 valence electrons. The molecule has 3 aromatic rings. The van der Waals surface area contributed by atoms with Gasteiger partial charge >= 0.3 is 5.97 Å². The van der Waals surface area contributed by atoms with Crippen molar-refractivity contribution in [2.75, 3.05) is 0 Å². The number of nitrogens with zero attached hydrogens (tertiary/aromatic N) is 1. The first-order chi connectivity index (χ1) is 9.95. The zero-order valence-corrected chi connectivity index (χ0v) is 11.8. The summed E-state index contributed by atoms with van der Waals surface area (Å²) in [6.45, 7) is 2.00. The van der Waals surface area contributed by atoms with Gasteiger partial charge < -0.3 is 14.1 Å². The zero-order valence-electron chi connectivity index (χ0n) is 11.1. The van der Waals surface area contributed by atoms with Gasteiger partial charge in [0.25, 0.3) is 0 Å². The highest BCUT2D eigenvalue weighted by Crippen LogP contribution is 2.25. The van der Waals surface area contributed by atoms with Gasteiger partial charge in [0.1, 0.15) is 17.3 Å². The Morgan fingerprint density at radius 1 is 1.38 bits per heavy atom. The molecule has 0 aliphatic rings. The largest absolute Gasteiger partial charge is 0.477 e. The monoisotopic (exact) mass is 307 g/mol. The maximum Gasteiger partial charge on any atom is 0.352 e. The van der Waals surface area contributed by atoms with E-state index in [9.17, 15) is 14.3 Å². The van der Waals surface area contributed by atoms with Crippen molar-refractivity contribution in [3.05, 3.63) is 58.2 Å². The first-order valence-corrected chi connectivity index (χ1v) is 6.60. The second-order valence-electron chi connectivity index (χ2n) is 4.78. The minimum Gasteiger partial charge on any atom is -0.477 e. The molecule has 0 amide bonds. The number of hydrogen-bond donors (Lipinski definition) is 1. The molecule has 2 heterocycles. The van der Waals surface area contributed by atoms with E-state index in [1.807, 2.05) is 0 Å². The Bertz CT molecular complexity index is 850. The highest BCUT2D eigenvalue weighted by atomic mass is 35.5. The summed E-state index contributed by atoms with van der Waals surface area (Å²) < 4.78 is 20.5. The lowest BCUT2D eigenvalue weighted by atomic mass is 10.2. The summed E-state index contributed by atoms with van der Waals surface area (Å²) >= 11 is 5.65. The second kappa shape index (κ2) is 4.93. The van der Waals surface area contributed by atoms with Crippen molar-refractivity contribution < 1.29 is 18.7 Å². The van der Waals surface area contributed by atoms with E-state index in [-0.39, 0.29) is 17.3 Å². The van der Waals surface area contributed by atoms with Gasteiger partial charge in [-0.15, -0.1) is 0 Å². The summed E-state index contributed by atoms with van der Waals surface area (Å²) in [6.07, 6.45) is 0. The van der Waals surface area contributed by atoms with Gasteiger partial charge in [-0.3, -0.25) is 0 Å². The number of furan rings is 1. The molecule has 0 spiro atoms. The average Bonchev–Trinajstić information content (AvgIpc) is 2.92. The summed E-state index contributed by atoms with van der Waals surface area (Å²) in [5.74, 6) is -0.903. The quantitative estimate of drug-likeness (QED) is 0.793. The first kappa shape index (κ1) is 13.7. The third kappa shape index (κ3) is 2.40. The summed E-state index contributed by atoms with van der Waals surface area (Å²) in [5.41, 5.74) is 1.88. The smallest absolute Gasteiger partial charge is 0.352 e. The average molecular weight is 308 g/mol. The van der Waals surface area contributed by atoms with Crippen LogP contribution in [0.15, 0.2) is 34.7 Å². The first-order valence-electron chi connectivity index (χ1n) is 6.22. The highest BCUT2D eigenvalue weighted by Gasteiger charge is 2.18. The highest BCUT2D eigenvalue weighted by molar-refractivity contribution is 6.30. The Hall–Kier alpha value is -2.27. The number of carboxylic acids is 1. The molecule has 3 rings (SSSR count). The molecule has 0 radical (unpaired) electrons. The minimum absolute atomic E-state index is 0.0361. The lowest BCUT2D eigenvalue weighted by Gasteiger charge is -2.08. The summed E-state index contributed by atoms with van der Waals surface area (Å²) in [4.78, 5) is 11.3. The number of aryl methyl sites for hydroxylation is 1. The second-order valence-corrected chi connectivity index (χ2v) is 5.18. The number of benzene rings is 1. The number of rotatable bonds is 3. The van der Waals surface area contributed by atoms with Crippen molar-refractivity contribution in [3.8, 4) is 0 Å². The van der Waals surface area contributed by atoms with Crippen LogP contribution in [0, 0.1) is 12.7 Å². The number of carboxylic acid groups (broad SMARTS) is 1. The Labute approximate surface area is 124 Å². The van der Waals surface area contributed by atoms with E-state index < -0.39 is 11.8 Å². The molecule has 2 aromatic heterocycles. The van der Waals surface area contributed by atoms with Gasteiger partial charge in [0, 0.05) is 18.7 Å².